The van der Waals surface area contributed by atoms with E-state index >= 15 is 0 Å². The van der Waals surface area contributed by atoms with Gasteiger partial charge in [-0.1, -0.05) is 13.8 Å². The number of pyridine rings is 1. The molecule has 28 heavy (non-hydrogen) atoms. The molecule has 0 spiro atoms. The van der Waals surface area contributed by atoms with Crippen LogP contribution in [0, 0.1) is 5.92 Å². The van der Waals surface area contributed by atoms with Crippen LogP contribution in [0.5, 0.6) is 0 Å². The lowest BCUT2D eigenvalue weighted by atomic mass is 9.99. The Kier molecular flexibility index (Phi) is 7.01. The molecule has 156 valence electrons. The predicted octanol–water partition coefficient (Wildman–Crippen LogP) is 3.29. The molecule has 0 radical (unpaired) electrons. The highest BCUT2D eigenvalue weighted by Crippen LogP contribution is 2.45. The molecule has 0 amide bonds. The molecule has 1 fully saturated rings. The molecule has 9 heteroatoms. The van der Waals surface area contributed by atoms with Gasteiger partial charge in [-0.05, 0) is 48.4 Å². The van der Waals surface area contributed by atoms with Crippen molar-refractivity contribution in [2.24, 2.45) is 17.4 Å². The molecule has 0 bridgehead atoms. The van der Waals surface area contributed by atoms with E-state index in [4.69, 9.17) is 11.5 Å². The molecule has 5 N–H and O–H groups in total. The summed E-state index contributed by atoms with van der Waals surface area (Å²) in [4.78, 5) is 4.88. The number of aromatic nitrogens is 1. The van der Waals surface area contributed by atoms with Crippen LogP contribution < -0.4 is 16.2 Å². The molecule has 1 aromatic carbocycles. The molecule has 2 aliphatic rings. The minimum atomic E-state index is -3.64. The molecule has 6 nitrogen and oxygen atoms in total. The fraction of sp³-hybridized carbons (Fsp3) is 0.526. The molecule has 4 rings (SSSR count). The van der Waals surface area contributed by atoms with Gasteiger partial charge >= 0.3 is 0 Å². The standard InChI is InChI=1S/C19H26N4O2S.2ClH/c1-10(2)8-23-26(24,25)18-6-13-15(20)7-16(21)19(13)14-9-22-17(5-12(14)18)11-3-4-11;;/h5-6,9-11,15-16,23H,3-4,7-8,20-21H2,1-2H3;2*1H/t15-,16+;;/m1../s1. The second-order valence-corrected chi connectivity index (χ2v) is 9.74. The highest BCUT2D eigenvalue weighted by Gasteiger charge is 2.33. The van der Waals surface area contributed by atoms with Gasteiger partial charge in [0.05, 0.1) is 4.90 Å². The van der Waals surface area contributed by atoms with Gasteiger partial charge in [0.1, 0.15) is 0 Å². The molecule has 1 heterocycles. The number of sulfonamides is 1. The summed E-state index contributed by atoms with van der Waals surface area (Å²) in [6, 6.07) is 3.24. The second kappa shape index (κ2) is 8.42. The van der Waals surface area contributed by atoms with E-state index in [0.717, 1.165) is 35.0 Å². The Balaban J connectivity index is 0.00000140. The first-order chi connectivity index (χ1) is 12.3. The summed E-state index contributed by atoms with van der Waals surface area (Å²) >= 11 is 0. The number of nitrogens with one attached hydrogen (secondary N) is 1. The first kappa shape index (κ1) is 23.3. The summed E-state index contributed by atoms with van der Waals surface area (Å²) in [5.74, 6) is 0.674. The maximum Gasteiger partial charge on any atom is 0.241 e. The van der Waals surface area contributed by atoms with Crippen LogP contribution >= 0.6 is 24.8 Å². The first-order valence-electron chi connectivity index (χ1n) is 9.25. The van der Waals surface area contributed by atoms with E-state index in [0.29, 0.717) is 29.2 Å². The largest absolute Gasteiger partial charge is 0.324 e. The molecular weight excluding hydrogens is 419 g/mol. The molecule has 2 aliphatic carbocycles. The zero-order valence-electron chi connectivity index (χ0n) is 16.0. The zero-order valence-corrected chi connectivity index (χ0v) is 18.5. The molecule has 1 saturated carbocycles. The van der Waals surface area contributed by atoms with Crippen LogP contribution in [0.25, 0.3) is 10.8 Å². The predicted molar refractivity (Wildman–Crippen MR) is 117 cm³/mol. The third-order valence-electron chi connectivity index (χ3n) is 5.32. The van der Waals surface area contributed by atoms with E-state index in [1.165, 1.54) is 0 Å². The SMILES string of the molecule is CC(C)CNS(=O)(=O)c1cc2c(c3cnc(C4CC4)cc13)[C@@H](N)C[C@H]2N.Cl.Cl. The highest BCUT2D eigenvalue weighted by atomic mass is 35.5. The molecule has 0 aliphatic heterocycles. The Hall–Kier alpha value is -0.960. The minimum absolute atomic E-state index is 0. The Labute approximate surface area is 178 Å². The molecule has 2 atom stereocenters. The van der Waals surface area contributed by atoms with Crippen molar-refractivity contribution < 1.29 is 8.42 Å². The van der Waals surface area contributed by atoms with Crippen LogP contribution in [0.4, 0.5) is 0 Å². The van der Waals surface area contributed by atoms with Gasteiger partial charge in [0.15, 0.2) is 0 Å². The van der Waals surface area contributed by atoms with Crippen molar-refractivity contribution in [1.82, 2.24) is 9.71 Å². The van der Waals surface area contributed by atoms with Crippen molar-refractivity contribution in [2.75, 3.05) is 6.54 Å². The van der Waals surface area contributed by atoms with Gasteiger partial charge in [0.2, 0.25) is 10.0 Å². The van der Waals surface area contributed by atoms with E-state index in [1.807, 2.05) is 19.9 Å². The van der Waals surface area contributed by atoms with Gasteiger partial charge in [-0.15, -0.1) is 24.8 Å². The van der Waals surface area contributed by atoms with Crippen LogP contribution in [0.3, 0.4) is 0 Å². The number of halogens is 2. The van der Waals surface area contributed by atoms with Crippen molar-refractivity contribution in [3.05, 3.63) is 35.2 Å². The zero-order chi connectivity index (χ0) is 18.6. The molecular formula is C19H28Cl2N4O2S. The number of hydrogen-bond donors (Lipinski definition) is 3. The lowest BCUT2D eigenvalue weighted by Gasteiger charge is -2.16. The Bertz CT molecular complexity index is 978. The van der Waals surface area contributed by atoms with Crippen LogP contribution in [0.1, 0.15) is 67.9 Å². The Morgan fingerprint density at radius 1 is 1.14 bits per heavy atom. The number of nitrogens with two attached hydrogens (primary N) is 2. The number of benzene rings is 1. The topological polar surface area (TPSA) is 111 Å². The highest BCUT2D eigenvalue weighted by molar-refractivity contribution is 7.89. The van der Waals surface area contributed by atoms with Crippen molar-refractivity contribution in [1.29, 1.82) is 0 Å². The van der Waals surface area contributed by atoms with Gasteiger partial charge in [-0.25, -0.2) is 13.1 Å². The summed E-state index contributed by atoms with van der Waals surface area (Å²) in [5, 5.41) is 1.53. The Morgan fingerprint density at radius 3 is 2.43 bits per heavy atom. The maximum absolute atomic E-state index is 13.0. The van der Waals surface area contributed by atoms with E-state index in [2.05, 4.69) is 9.71 Å². The average Bonchev–Trinajstić information content (AvgIpc) is 3.38. The van der Waals surface area contributed by atoms with Crippen LogP contribution in [-0.2, 0) is 10.0 Å². The maximum atomic E-state index is 13.0. The number of fused-ring (bicyclic) bond motifs is 3. The average molecular weight is 447 g/mol. The fourth-order valence-electron chi connectivity index (χ4n) is 3.76. The van der Waals surface area contributed by atoms with Gasteiger partial charge < -0.3 is 11.5 Å². The summed E-state index contributed by atoms with van der Waals surface area (Å²) in [6.07, 6.45) is 4.64. The minimum Gasteiger partial charge on any atom is -0.324 e. The molecule has 2 aromatic rings. The summed E-state index contributed by atoms with van der Waals surface area (Å²) in [7, 11) is -3.64. The fourth-order valence-corrected chi connectivity index (χ4v) is 5.21. The van der Waals surface area contributed by atoms with E-state index < -0.39 is 10.0 Å². The summed E-state index contributed by atoms with van der Waals surface area (Å²) in [6.45, 7) is 4.35. The third-order valence-corrected chi connectivity index (χ3v) is 6.79. The summed E-state index contributed by atoms with van der Waals surface area (Å²) < 4.78 is 28.8. The van der Waals surface area contributed by atoms with Crippen molar-refractivity contribution in [3.63, 3.8) is 0 Å². The van der Waals surface area contributed by atoms with Gasteiger partial charge in [-0.2, -0.15) is 0 Å². The normalized spacial score (nSPS) is 21.3. The lowest BCUT2D eigenvalue weighted by molar-refractivity contribution is 0.560. The van der Waals surface area contributed by atoms with Gasteiger partial charge in [-0.3, -0.25) is 4.98 Å². The summed E-state index contributed by atoms with van der Waals surface area (Å²) in [5.41, 5.74) is 15.3. The first-order valence-corrected chi connectivity index (χ1v) is 10.7. The third kappa shape index (κ3) is 4.15. The van der Waals surface area contributed by atoms with Crippen LogP contribution in [0.15, 0.2) is 23.2 Å². The van der Waals surface area contributed by atoms with Crippen molar-refractivity contribution in [3.8, 4) is 0 Å². The number of hydrogen-bond acceptors (Lipinski definition) is 5. The van der Waals surface area contributed by atoms with Crippen LogP contribution in [0.2, 0.25) is 0 Å². The van der Waals surface area contributed by atoms with E-state index in [9.17, 15) is 8.42 Å². The number of rotatable bonds is 5. The smallest absolute Gasteiger partial charge is 0.241 e. The van der Waals surface area contributed by atoms with Gasteiger partial charge in [0, 0.05) is 47.2 Å². The quantitative estimate of drug-likeness (QED) is 0.651. The number of nitrogens with zero attached hydrogens (tertiary/aromatic N) is 1. The van der Waals surface area contributed by atoms with E-state index in [1.54, 1.807) is 12.3 Å². The molecule has 0 unspecified atom stereocenters. The van der Waals surface area contributed by atoms with Crippen molar-refractivity contribution in [2.45, 2.75) is 56.0 Å². The van der Waals surface area contributed by atoms with Crippen LogP contribution in [-0.4, -0.2) is 19.9 Å². The molecule has 1 aromatic heterocycles. The van der Waals surface area contributed by atoms with E-state index in [-0.39, 0.29) is 42.8 Å². The molecule has 0 saturated heterocycles. The second-order valence-electron chi connectivity index (χ2n) is 8.00. The van der Waals surface area contributed by atoms with Crippen molar-refractivity contribution >= 4 is 45.6 Å². The van der Waals surface area contributed by atoms with Gasteiger partial charge in [0.25, 0.3) is 0 Å². The Morgan fingerprint density at radius 2 is 1.82 bits per heavy atom. The lowest BCUT2D eigenvalue weighted by Crippen LogP contribution is -2.28. The monoisotopic (exact) mass is 446 g/mol.